The summed E-state index contributed by atoms with van der Waals surface area (Å²) in [5.74, 6) is -0.0486. The van der Waals surface area contributed by atoms with Crippen molar-refractivity contribution in [3.8, 4) is 0 Å². The smallest absolute Gasteiger partial charge is 0.223 e. The molecule has 0 aliphatic rings. The van der Waals surface area contributed by atoms with Gasteiger partial charge in [0.15, 0.2) is 5.96 Å². The van der Waals surface area contributed by atoms with Crippen LogP contribution in [0, 0.1) is 0 Å². The summed E-state index contributed by atoms with van der Waals surface area (Å²) in [6.45, 7) is 4.29. The zero-order chi connectivity index (χ0) is 12.8. The van der Waals surface area contributed by atoms with Crippen LogP contribution in [0.3, 0.4) is 0 Å². The molecule has 1 rings (SSSR count). The summed E-state index contributed by atoms with van der Waals surface area (Å²) in [7, 11) is 0. The van der Waals surface area contributed by atoms with E-state index in [2.05, 4.69) is 23.8 Å². The van der Waals surface area contributed by atoms with Gasteiger partial charge in [-0.3, -0.25) is 0 Å². The number of nitrogens with two attached hydrogens (primary N) is 3. The number of benzene rings is 1. The van der Waals surface area contributed by atoms with Crippen molar-refractivity contribution in [2.75, 3.05) is 0 Å². The van der Waals surface area contributed by atoms with Gasteiger partial charge in [0.05, 0.1) is 5.69 Å². The minimum Gasteiger partial charge on any atom is -0.370 e. The number of nitrogens with zero attached hydrogens (tertiary/aromatic N) is 2. The zero-order valence-corrected chi connectivity index (χ0v) is 12.0. The molecule has 7 heteroatoms. The molecule has 0 aliphatic heterocycles. The van der Waals surface area contributed by atoms with Gasteiger partial charge in [0.2, 0.25) is 5.96 Å². The van der Waals surface area contributed by atoms with Crippen LogP contribution in [0.1, 0.15) is 13.8 Å². The van der Waals surface area contributed by atoms with Crippen LogP contribution in [-0.4, -0.2) is 17.2 Å². The largest absolute Gasteiger partial charge is 0.370 e. The molecule has 1 aromatic carbocycles. The molecular weight excluding hydrogens is 270 g/mol. The van der Waals surface area contributed by atoms with Crippen LogP contribution in [0.25, 0.3) is 0 Å². The second-order valence-electron chi connectivity index (χ2n) is 3.67. The first-order chi connectivity index (χ1) is 7.97. The second kappa shape index (κ2) is 7.84. The van der Waals surface area contributed by atoms with Crippen LogP contribution in [0.4, 0.5) is 5.69 Å². The van der Waals surface area contributed by atoms with Gasteiger partial charge in [0, 0.05) is 10.1 Å². The quantitative estimate of drug-likeness (QED) is 0.448. The van der Waals surface area contributed by atoms with Crippen LogP contribution >= 0.6 is 24.2 Å². The van der Waals surface area contributed by atoms with Gasteiger partial charge in [-0.2, -0.15) is 4.99 Å². The summed E-state index contributed by atoms with van der Waals surface area (Å²) >= 11 is 1.79. The first-order valence-electron chi connectivity index (χ1n) is 5.18. The van der Waals surface area contributed by atoms with Crippen molar-refractivity contribution in [2.45, 2.75) is 24.0 Å². The maximum absolute atomic E-state index is 5.52. The van der Waals surface area contributed by atoms with Gasteiger partial charge in [-0.1, -0.05) is 13.8 Å². The lowest BCUT2D eigenvalue weighted by Gasteiger charge is -2.04. The van der Waals surface area contributed by atoms with Crippen LogP contribution in [-0.2, 0) is 0 Å². The lowest BCUT2D eigenvalue weighted by atomic mass is 10.3. The third-order valence-corrected chi connectivity index (χ3v) is 2.71. The Bertz CT molecular complexity index is 424. The first kappa shape index (κ1) is 16.6. The molecular formula is C11H18ClN5S. The minimum absolute atomic E-state index is 0. The Balaban J connectivity index is 0.00000289. The summed E-state index contributed by atoms with van der Waals surface area (Å²) in [5, 5.41) is 0.552. The Morgan fingerprint density at radius 2 is 1.67 bits per heavy atom. The van der Waals surface area contributed by atoms with Gasteiger partial charge < -0.3 is 17.2 Å². The molecule has 0 radical (unpaired) electrons. The van der Waals surface area contributed by atoms with Crippen molar-refractivity contribution in [1.29, 1.82) is 0 Å². The van der Waals surface area contributed by atoms with E-state index >= 15 is 0 Å². The van der Waals surface area contributed by atoms with Crippen molar-refractivity contribution in [3.05, 3.63) is 24.3 Å². The molecule has 1 aromatic rings. The Kier molecular flexibility index (Phi) is 7.23. The van der Waals surface area contributed by atoms with E-state index < -0.39 is 0 Å². The van der Waals surface area contributed by atoms with Crippen molar-refractivity contribution in [1.82, 2.24) is 0 Å². The average molecular weight is 288 g/mol. The third kappa shape index (κ3) is 6.36. The molecule has 5 nitrogen and oxygen atoms in total. The molecule has 0 amide bonds. The van der Waals surface area contributed by atoms with E-state index in [9.17, 15) is 0 Å². The van der Waals surface area contributed by atoms with Gasteiger partial charge in [-0.05, 0) is 24.3 Å². The molecule has 18 heavy (non-hydrogen) atoms. The van der Waals surface area contributed by atoms with E-state index in [1.807, 2.05) is 24.3 Å². The fourth-order valence-corrected chi connectivity index (χ4v) is 2.00. The van der Waals surface area contributed by atoms with Crippen LogP contribution in [0.5, 0.6) is 0 Å². The van der Waals surface area contributed by atoms with Crippen molar-refractivity contribution in [2.24, 2.45) is 27.2 Å². The van der Waals surface area contributed by atoms with Gasteiger partial charge >= 0.3 is 0 Å². The lowest BCUT2D eigenvalue weighted by Crippen LogP contribution is -2.26. The standard InChI is InChI=1S/C11H17N5S.ClH/c1-7(2)17-9-5-3-8(4-6-9)15-11(14)16-10(12)13;/h3-7H,1-2H3,(H6,12,13,14,15,16);1H. The maximum Gasteiger partial charge on any atom is 0.223 e. The van der Waals surface area contributed by atoms with E-state index in [1.54, 1.807) is 11.8 Å². The van der Waals surface area contributed by atoms with E-state index in [0.29, 0.717) is 5.25 Å². The second-order valence-corrected chi connectivity index (χ2v) is 5.32. The molecule has 0 atom stereocenters. The van der Waals surface area contributed by atoms with E-state index in [-0.39, 0.29) is 24.3 Å². The number of guanidine groups is 2. The summed E-state index contributed by atoms with van der Waals surface area (Å²) in [6.07, 6.45) is 0. The van der Waals surface area contributed by atoms with E-state index in [0.717, 1.165) is 5.69 Å². The van der Waals surface area contributed by atoms with Crippen LogP contribution in [0.15, 0.2) is 39.1 Å². The Hall–Kier alpha value is -1.40. The van der Waals surface area contributed by atoms with Gasteiger partial charge in [0.25, 0.3) is 0 Å². The number of hydrogen-bond acceptors (Lipinski definition) is 2. The summed E-state index contributed by atoms with van der Waals surface area (Å²) in [5.41, 5.74) is 16.6. The predicted molar refractivity (Wildman–Crippen MR) is 81.8 cm³/mol. The predicted octanol–water partition coefficient (Wildman–Crippen LogP) is 1.83. The summed E-state index contributed by atoms with van der Waals surface area (Å²) in [4.78, 5) is 8.89. The Labute approximate surface area is 117 Å². The molecule has 6 N–H and O–H groups in total. The van der Waals surface area contributed by atoms with E-state index in [1.165, 1.54) is 4.90 Å². The number of thioether (sulfide) groups is 1. The Morgan fingerprint density at radius 1 is 1.11 bits per heavy atom. The topological polar surface area (TPSA) is 103 Å². The highest BCUT2D eigenvalue weighted by Crippen LogP contribution is 2.24. The number of hydrogen-bond donors (Lipinski definition) is 3. The minimum atomic E-state index is -0.0989. The fourth-order valence-electron chi connectivity index (χ4n) is 1.16. The number of aliphatic imine (C=N–C) groups is 2. The molecule has 0 saturated carbocycles. The van der Waals surface area contributed by atoms with Gasteiger partial charge in [-0.25, -0.2) is 4.99 Å². The van der Waals surface area contributed by atoms with E-state index in [4.69, 9.17) is 17.2 Å². The number of halogens is 1. The molecule has 0 fully saturated rings. The molecule has 0 heterocycles. The molecule has 0 bridgehead atoms. The maximum atomic E-state index is 5.52. The summed E-state index contributed by atoms with van der Waals surface area (Å²) in [6, 6.07) is 7.73. The normalized spacial score (nSPS) is 10.9. The molecule has 0 saturated heterocycles. The SMILES string of the molecule is CC(C)Sc1ccc(N=C(N)N=C(N)N)cc1.Cl. The molecule has 0 aliphatic carbocycles. The summed E-state index contributed by atoms with van der Waals surface area (Å²) < 4.78 is 0. The average Bonchev–Trinajstić information content (AvgIpc) is 2.18. The third-order valence-electron chi connectivity index (χ3n) is 1.70. The van der Waals surface area contributed by atoms with Crippen LogP contribution < -0.4 is 17.2 Å². The molecule has 0 spiro atoms. The monoisotopic (exact) mass is 287 g/mol. The molecule has 0 unspecified atom stereocenters. The zero-order valence-electron chi connectivity index (χ0n) is 10.3. The highest BCUT2D eigenvalue weighted by Gasteiger charge is 1.98. The van der Waals surface area contributed by atoms with Crippen molar-refractivity contribution < 1.29 is 0 Å². The van der Waals surface area contributed by atoms with Crippen molar-refractivity contribution >= 4 is 41.8 Å². The highest BCUT2D eigenvalue weighted by atomic mass is 35.5. The van der Waals surface area contributed by atoms with Crippen molar-refractivity contribution in [3.63, 3.8) is 0 Å². The van der Waals surface area contributed by atoms with Gasteiger partial charge in [-0.15, -0.1) is 24.2 Å². The number of rotatable bonds is 3. The fraction of sp³-hybridized carbons (Fsp3) is 0.273. The highest BCUT2D eigenvalue weighted by molar-refractivity contribution is 7.99. The van der Waals surface area contributed by atoms with Crippen LogP contribution in [0.2, 0.25) is 0 Å². The van der Waals surface area contributed by atoms with Gasteiger partial charge in [0.1, 0.15) is 0 Å². The lowest BCUT2D eigenvalue weighted by molar-refractivity contribution is 1.11. The first-order valence-corrected chi connectivity index (χ1v) is 6.06. The Morgan fingerprint density at radius 3 is 2.11 bits per heavy atom. The molecule has 100 valence electrons. The molecule has 0 aromatic heterocycles.